The van der Waals surface area contributed by atoms with Crippen molar-refractivity contribution in [2.75, 3.05) is 0 Å². The molecule has 2 aliphatic rings. The number of carbonyl (C=O) groups excluding carboxylic acids is 2. The van der Waals surface area contributed by atoms with Gasteiger partial charge in [-0.1, -0.05) is 47.8 Å². The molecule has 32 heavy (non-hydrogen) atoms. The van der Waals surface area contributed by atoms with E-state index < -0.39 is 5.54 Å². The van der Waals surface area contributed by atoms with Crippen LogP contribution in [0.1, 0.15) is 55.6 Å². The molecule has 2 aromatic heterocycles. The lowest BCUT2D eigenvalue weighted by Gasteiger charge is -2.45. The van der Waals surface area contributed by atoms with Crippen molar-refractivity contribution in [2.24, 2.45) is 5.92 Å². The Balaban J connectivity index is 1.53. The van der Waals surface area contributed by atoms with Gasteiger partial charge in [0.05, 0.1) is 18.3 Å². The van der Waals surface area contributed by atoms with Gasteiger partial charge in [0.1, 0.15) is 11.2 Å². The van der Waals surface area contributed by atoms with E-state index >= 15 is 0 Å². The number of nitrogens with one attached hydrogen (secondary N) is 1. The van der Waals surface area contributed by atoms with Crippen molar-refractivity contribution in [1.82, 2.24) is 14.8 Å². The average Bonchev–Trinajstić information content (AvgIpc) is 3.35. The zero-order valence-corrected chi connectivity index (χ0v) is 20.0. The smallest absolute Gasteiger partial charge is 0.271 e. The molecule has 1 N–H and O–H groups in total. The number of hydrogen-bond acceptors (Lipinski definition) is 3. The third-order valence-corrected chi connectivity index (χ3v) is 7.69. The summed E-state index contributed by atoms with van der Waals surface area (Å²) in [5, 5.41) is 3.31. The highest BCUT2D eigenvalue weighted by atomic mass is 79.9. The van der Waals surface area contributed by atoms with E-state index in [0.717, 1.165) is 34.8 Å². The highest BCUT2D eigenvalue weighted by Gasteiger charge is 2.48. The van der Waals surface area contributed by atoms with E-state index in [-0.39, 0.29) is 17.9 Å². The molecule has 1 aliphatic carbocycles. The number of halogens is 1. The molecule has 1 aromatic carbocycles. The summed E-state index contributed by atoms with van der Waals surface area (Å²) in [4.78, 5) is 29.3. The Bertz CT molecular complexity index is 1180. The highest BCUT2D eigenvalue weighted by molar-refractivity contribution is 9.10. The summed E-state index contributed by atoms with van der Waals surface area (Å²) in [6.07, 6.45) is 6.08. The van der Waals surface area contributed by atoms with Gasteiger partial charge in [-0.05, 0) is 43.4 Å². The summed E-state index contributed by atoms with van der Waals surface area (Å²) in [5.41, 5.74) is 2.03. The van der Waals surface area contributed by atoms with Gasteiger partial charge in [-0.25, -0.2) is 0 Å². The lowest BCUT2D eigenvalue weighted by molar-refractivity contribution is -0.134. The largest absolute Gasteiger partial charge is 0.463 e. The van der Waals surface area contributed by atoms with Crippen LogP contribution in [0.3, 0.4) is 0 Å². The molecular weight excluding hydrogens is 470 g/mol. The summed E-state index contributed by atoms with van der Waals surface area (Å²) in [6, 6.07) is 11.7. The minimum absolute atomic E-state index is 0.0874. The van der Waals surface area contributed by atoms with Gasteiger partial charge in [0, 0.05) is 29.2 Å². The number of nitrogens with zero attached hydrogens (tertiary/aromatic N) is 2. The number of furan rings is 1. The number of amides is 2. The van der Waals surface area contributed by atoms with Crippen molar-refractivity contribution >= 4 is 38.8 Å². The summed E-state index contributed by atoms with van der Waals surface area (Å²) in [5.74, 6) is 0.199. The van der Waals surface area contributed by atoms with Gasteiger partial charge in [-0.2, -0.15) is 0 Å². The summed E-state index contributed by atoms with van der Waals surface area (Å²) < 4.78 is 8.43. The van der Waals surface area contributed by atoms with Crippen molar-refractivity contribution in [3.05, 3.63) is 58.4 Å². The van der Waals surface area contributed by atoms with E-state index in [4.69, 9.17) is 4.42 Å². The number of rotatable bonds is 4. The molecule has 1 fully saturated rings. The fourth-order valence-corrected chi connectivity index (χ4v) is 5.64. The van der Waals surface area contributed by atoms with E-state index in [1.807, 2.05) is 41.8 Å². The van der Waals surface area contributed by atoms with Crippen LogP contribution in [0.25, 0.3) is 11.1 Å². The maximum Gasteiger partial charge on any atom is 0.271 e. The summed E-state index contributed by atoms with van der Waals surface area (Å²) in [7, 11) is 0. The van der Waals surface area contributed by atoms with E-state index in [0.29, 0.717) is 30.3 Å². The Morgan fingerprint density at radius 2 is 2.06 bits per heavy atom. The molecule has 0 spiro atoms. The van der Waals surface area contributed by atoms with Gasteiger partial charge < -0.3 is 19.2 Å². The Labute approximate surface area is 196 Å². The lowest BCUT2D eigenvalue weighted by atomic mass is 9.85. The van der Waals surface area contributed by atoms with Crippen LogP contribution in [-0.4, -0.2) is 32.9 Å². The minimum Gasteiger partial charge on any atom is -0.463 e. The first-order chi connectivity index (χ1) is 15.4. The zero-order chi connectivity index (χ0) is 22.5. The maximum absolute atomic E-state index is 13.8. The highest BCUT2D eigenvalue weighted by Crippen LogP contribution is 2.35. The van der Waals surface area contributed by atoms with Crippen LogP contribution in [0.2, 0.25) is 0 Å². The van der Waals surface area contributed by atoms with Crippen molar-refractivity contribution in [3.8, 4) is 0 Å². The van der Waals surface area contributed by atoms with E-state index in [1.165, 1.54) is 6.42 Å². The van der Waals surface area contributed by atoms with E-state index in [2.05, 4.69) is 28.2 Å². The van der Waals surface area contributed by atoms with E-state index in [9.17, 15) is 9.59 Å². The molecule has 1 aliphatic heterocycles. The monoisotopic (exact) mass is 497 g/mol. The van der Waals surface area contributed by atoms with Gasteiger partial charge >= 0.3 is 0 Å². The molecule has 0 radical (unpaired) electrons. The molecular formula is C25H28BrN3O3. The number of benzene rings is 1. The van der Waals surface area contributed by atoms with Crippen LogP contribution in [-0.2, 0) is 17.9 Å². The normalized spacial score (nSPS) is 25.7. The topological polar surface area (TPSA) is 67.5 Å². The number of aromatic nitrogens is 1. The third kappa shape index (κ3) is 3.56. The molecule has 6 nitrogen and oxygen atoms in total. The number of fused-ring (bicyclic) bond motifs is 3. The third-order valence-electron chi connectivity index (χ3n) is 7.20. The van der Waals surface area contributed by atoms with Crippen LogP contribution in [0, 0.1) is 5.92 Å². The van der Waals surface area contributed by atoms with Crippen molar-refractivity contribution in [3.63, 3.8) is 0 Å². The van der Waals surface area contributed by atoms with Crippen LogP contribution >= 0.6 is 15.9 Å². The molecule has 7 heteroatoms. The number of hydrogen-bond donors (Lipinski definition) is 1. The predicted molar refractivity (Wildman–Crippen MR) is 126 cm³/mol. The van der Waals surface area contributed by atoms with Crippen LogP contribution in [0.5, 0.6) is 0 Å². The Kier molecular flexibility index (Phi) is 5.40. The van der Waals surface area contributed by atoms with Crippen LogP contribution in [0.4, 0.5) is 0 Å². The van der Waals surface area contributed by atoms with Gasteiger partial charge in [-0.15, -0.1) is 0 Å². The maximum atomic E-state index is 13.8. The fourth-order valence-electron chi connectivity index (χ4n) is 5.19. The van der Waals surface area contributed by atoms with Crippen molar-refractivity contribution < 1.29 is 14.0 Å². The van der Waals surface area contributed by atoms with Gasteiger partial charge in [0.15, 0.2) is 5.58 Å². The quantitative estimate of drug-likeness (QED) is 0.544. The van der Waals surface area contributed by atoms with Crippen molar-refractivity contribution in [1.29, 1.82) is 0 Å². The molecule has 3 atom stereocenters. The van der Waals surface area contributed by atoms with Gasteiger partial charge in [0.25, 0.3) is 5.91 Å². The molecule has 1 saturated carbocycles. The van der Waals surface area contributed by atoms with Crippen LogP contribution in [0.15, 0.2) is 51.6 Å². The minimum atomic E-state index is -1.02. The Hall–Kier alpha value is -2.54. The first-order valence-electron chi connectivity index (χ1n) is 11.3. The van der Waals surface area contributed by atoms with E-state index in [1.54, 1.807) is 17.2 Å². The molecule has 2 amide bonds. The molecule has 168 valence electrons. The van der Waals surface area contributed by atoms with Gasteiger partial charge in [0.2, 0.25) is 5.91 Å². The molecule has 0 bridgehead atoms. The Morgan fingerprint density at radius 1 is 1.25 bits per heavy atom. The van der Waals surface area contributed by atoms with Gasteiger partial charge in [-0.3, -0.25) is 9.59 Å². The standard InChI is InChI=1S/C25H28BrN3O3/c1-16-6-3-4-9-19(16)27-24(31)25(2)15-28-20-10-11-32-22(20)13-21(28)23(30)29(25)14-17-7-5-8-18(26)12-17/h5,7-8,10-13,16,19H,3-4,6,9,14-15H2,1-2H3,(H,27,31)/t16-,19+,25-/m1/s1. The average molecular weight is 498 g/mol. The predicted octanol–water partition coefficient (Wildman–Crippen LogP) is 5.11. The molecule has 0 saturated heterocycles. The molecule has 5 rings (SSSR count). The molecule has 0 unspecified atom stereocenters. The lowest BCUT2D eigenvalue weighted by Crippen LogP contribution is -2.65. The van der Waals surface area contributed by atoms with Crippen LogP contribution < -0.4 is 5.32 Å². The summed E-state index contributed by atoms with van der Waals surface area (Å²) >= 11 is 3.52. The first kappa shape index (κ1) is 21.3. The Morgan fingerprint density at radius 3 is 2.84 bits per heavy atom. The second-order valence-electron chi connectivity index (χ2n) is 9.42. The zero-order valence-electron chi connectivity index (χ0n) is 18.4. The SMILES string of the molecule is C[C@@H]1CCCC[C@@H]1NC(=O)[C@@]1(C)Cn2c(cc3occc32)C(=O)N1Cc1cccc(Br)c1. The number of carbonyl (C=O) groups is 2. The first-order valence-corrected chi connectivity index (χ1v) is 12.1. The fraction of sp³-hybridized carbons (Fsp3) is 0.440. The van der Waals surface area contributed by atoms with Crippen molar-refractivity contribution in [2.45, 2.75) is 64.2 Å². The second-order valence-corrected chi connectivity index (χ2v) is 10.3. The summed E-state index contributed by atoms with van der Waals surface area (Å²) in [6.45, 7) is 4.84. The molecule has 3 heterocycles. The molecule has 3 aromatic rings. The second kappa shape index (κ2) is 8.10.